The SMILES string of the molecule is O=C(O)CC1c2ccccc2C2CN(C(=O)CCc3ccc4c(n3)NCCC4)CC12. The summed E-state index contributed by atoms with van der Waals surface area (Å²) in [4.78, 5) is 31.0. The quantitative estimate of drug-likeness (QED) is 0.798. The second-order valence-corrected chi connectivity index (χ2v) is 8.74. The maximum Gasteiger partial charge on any atom is 0.303 e. The molecule has 0 saturated carbocycles. The van der Waals surface area contributed by atoms with E-state index in [4.69, 9.17) is 4.98 Å². The molecular weight excluding hydrogens is 378 g/mol. The van der Waals surface area contributed by atoms with E-state index in [9.17, 15) is 14.7 Å². The van der Waals surface area contributed by atoms with E-state index < -0.39 is 5.97 Å². The highest BCUT2D eigenvalue weighted by Gasteiger charge is 2.47. The van der Waals surface area contributed by atoms with Crippen molar-refractivity contribution in [1.29, 1.82) is 0 Å². The van der Waals surface area contributed by atoms with Crippen LogP contribution in [0.3, 0.4) is 0 Å². The number of amides is 1. The normalized spacial score (nSPS) is 24.0. The minimum Gasteiger partial charge on any atom is -0.481 e. The van der Waals surface area contributed by atoms with Crippen LogP contribution < -0.4 is 5.32 Å². The number of aryl methyl sites for hydroxylation is 2. The third kappa shape index (κ3) is 3.44. The van der Waals surface area contributed by atoms with E-state index >= 15 is 0 Å². The van der Waals surface area contributed by atoms with Gasteiger partial charge in [0, 0.05) is 37.7 Å². The van der Waals surface area contributed by atoms with Crippen LogP contribution >= 0.6 is 0 Å². The first-order valence-corrected chi connectivity index (χ1v) is 10.9. The van der Waals surface area contributed by atoms with Crippen LogP contribution in [0.1, 0.15) is 53.5 Å². The second-order valence-electron chi connectivity index (χ2n) is 8.74. The summed E-state index contributed by atoms with van der Waals surface area (Å²) in [7, 11) is 0. The molecule has 6 nitrogen and oxygen atoms in total. The Labute approximate surface area is 176 Å². The summed E-state index contributed by atoms with van der Waals surface area (Å²) in [6.07, 6.45) is 3.40. The van der Waals surface area contributed by atoms with E-state index in [0.29, 0.717) is 25.9 Å². The highest BCUT2D eigenvalue weighted by Crippen LogP contribution is 2.51. The lowest BCUT2D eigenvalue weighted by Crippen LogP contribution is -2.30. The van der Waals surface area contributed by atoms with Crippen molar-refractivity contribution in [2.24, 2.45) is 5.92 Å². The molecule has 2 aliphatic heterocycles. The van der Waals surface area contributed by atoms with E-state index in [1.807, 2.05) is 23.1 Å². The number of rotatable bonds is 5. The van der Waals surface area contributed by atoms with Crippen LogP contribution in [0.4, 0.5) is 5.82 Å². The predicted octanol–water partition coefficient (Wildman–Crippen LogP) is 3.19. The summed E-state index contributed by atoms with van der Waals surface area (Å²) in [5, 5.41) is 12.7. The minimum absolute atomic E-state index is 0.00473. The highest BCUT2D eigenvalue weighted by molar-refractivity contribution is 5.77. The summed E-state index contributed by atoms with van der Waals surface area (Å²) in [5.74, 6) is 0.787. The predicted molar refractivity (Wildman–Crippen MR) is 114 cm³/mol. The number of pyridine rings is 1. The molecule has 6 heteroatoms. The monoisotopic (exact) mass is 405 g/mol. The van der Waals surface area contributed by atoms with Crippen LogP contribution in [0.25, 0.3) is 0 Å². The molecule has 0 radical (unpaired) electrons. The molecule has 1 fully saturated rings. The lowest BCUT2D eigenvalue weighted by Gasteiger charge is -2.21. The van der Waals surface area contributed by atoms with E-state index in [1.165, 1.54) is 11.1 Å². The number of carboxylic acids is 1. The van der Waals surface area contributed by atoms with Gasteiger partial charge in [-0.25, -0.2) is 4.98 Å². The van der Waals surface area contributed by atoms with Gasteiger partial charge in [-0.1, -0.05) is 30.3 Å². The fourth-order valence-corrected chi connectivity index (χ4v) is 5.54. The van der Waals surface area contributed by atoms with Gasteiger partial charge in [0.2, 0.25) is 5.91 Å². The van der Waals surface area contributed by atoms with Gasteiger partial charge in [0.1, 0.15) is 5.82 Å². The number of hydrogen-bond donors (Lipinski definition) is 2. The lowest BCUT2D eigenvalue weighted by atomic mass is 9.87. The van der Waals surface area contributed by atoms with Crippen LogP contribution in [0.2, 0.25) is 0 Å². The summed E-state index contributed by atoms with van der Waals surface area (Å²) in [6, 6.07) is 12.3. The fraction of sp³-hybridized carbons (Fsp3) is 0.458. The van der Waals surface area contributed by atoms with Gasteiger partial charge in [0.05, 0.1) is 6.42 Å². The molecule has 156 valence electrons. The van der Waals surface area contributed by atoms with Crippen LogP contribution in [-0.2, 0) is 22.4 Å². The summed E-state index contributed by atoms with van der Waals surface area (Å²) >= 11 is 0. The molecule has 1 aromatic heterocycles. The third-order valence-corrected chi connectivity index (χ3v) is 6.97. The Hall–Kier alpha value is -2.89. The molecule has 1 aromatic carbocycles. The summed E-state index contributed by atoms with van der Waals surface area (Å²) in [6.45, 7) is 2.29. The first kappa shape index (κ1) is 19.1. The number of carbonyl (C=O) groups excluding carboxylic acids is 1. The average Bonchev–Trinajstić information content (AvgIpc) is 3.31. The molecule has 2 N–H and O–H groups in total. The van der Waals surface area contributed by atoms with Gasteiger partial charge in [-0.2, -0.15) is 0 Å². The van der Waals surface area contributed by atoms with Crippen molar-refractivity contribution in [3.8, 4) is 0 Å². The van der Waals surface area contributed by atoms with Crippen LogP contribution in [0.15, 0.2) is 36.4 Å². The standard InChI is InChI=1S/C24H27N3O3/c28-22(10-9-16-8-7-15-4-3-11-25-24(15)26-16)27-13-20-18-6-2-1-5-17(18)19(12-23(29)30)21(20)14-27/h1-2,5-8,19-21H,3-4,9-14H2,(H,25,26)(H,29,30). The van der Waals surface area contributed by atoms with Crippen molar-refractivity contribution in [3.05, 3.63) is 58.8 Å². The number of carboxylic acid groups (broad SMARTS) is 1. The van der Waals surface area contributed by atoms with Crippen LogP contribution in [-0.4, -0.2) is 46.5 Å². The van der Waals surface area contributed by atoms with Crippen LogP contribution in [0, 0.1) is 5.92 Å². The highest BCUT2D eigenvalue weighted by atomic mass is 16.4. The van der Waals surface area contributed by atoms with E-state index in [0.717, 1.165) is 36.5 Å². The van der Waals surface area contributed by atoms with Crippen molar-refractivity contribution < 1.29 is 14.7 Å². The van der Waals surface area contributed by atoms with Crippen LogP contribution in [0.5, 0.6) is 0 Å². The van der Waals surface area contributed by atoms with E-state index in [2.05, 4.69) is 23.5 Å². The van der Waals surface area contributed by atoms with Gasteiger partial charge in [-0.3, -0.25) is 9.59 Å². The molecule has 3 aliphatic rings. The number of nitrogens with zero attached hydrogens (tertiary/aromatic N) is 2. The lowest BCUT2D eigenvalue weighted by molar-refractivity contribution is -0.137. The van der Waals surface area contributed by atoms with Crippen molar-refractivity contribution in [3.63, 3.8) is 0 Å². The van der Waals surface area contributed by atoms with Gasteiger partial charge in [-0.05, 0) is 53.9 Å². The average molecular weight is 405 g/mol. The molecule has 0 bridgehead atoms. The van der Waals surface area contributed by atoms with E-state index in [1.54, 1.807) is 0 Å². The largest absolute Gasteiger partial charge is 0.481 e. The summed E-state index contributed by atoms with van der Waals surface area (Å²) < 4.78 is 0. The Balaban J connectivity index is 1.26. The van der Waals surface area contributed by atoms with Gasteiger partial charge < -0.3 is 15.3 Å². The molecule has 3 atom stereocenters. The van der Waals surface area contributed by atoms with Gasteiger partial charge in [0.15, 0.2) is 0 Å². The molecular formula is C24H27N3O3. The molecule has 1 aliphatic carbocycles. The third-order valence-electron chi connectivity index (χ3n) is 6.97. The molecule has 3 heterocycles. The number of hydrogen-bond acceptors (Lipinski definition) is 4. The number of likely N-dealkylation sites (tertiary alicyclic amines) is 1. The number of aliphatic carboxylic acids is 1. The molecule has 0 spiro atoms. The van der Waals surface area contributed by atoms with Gasteiger partial charge in [0.25, 0.3) is 0 Å². The number of carbonyl (C=O) groups is 2. The smallest absolute Gasteiger partial charge is 0.303 e. The van der Waals surface area contributed by atoms with Gasteiger partial charge >= 0.3 is 5.97 Å². The van der Waals surface area contributed by atoms with Crippen molar-refractivity contribution in [2.75, 3.05) is 25.0 Å². The van der Waals surface area contributed by atoms with E-state index in [-0.39, 0.29) is 30.1 Å². The molecule has 30 heavy (non-hydrogen) atoms. The number of fused-ring (bicyclic) bond motifs is 4. The Morgan fingerprint density at radius 2 is 1.97 bits per heavy atom. The first-order chi connectivity index (χ1) is 14.6. The second kappa shape index (κ2) is 7.74. The minimum atomic E-state index is -0.771. The van der Waals surface area contributed by atoms with Crippen molar-refractivity contribution >= 4 is 17.7 Å². The zero-order chi connectivity index (χ0) is 20.7. The topological polar surface area (TPSA) is 82.5 Å². The van der Waals surface area contributed by atoms with Gasteiger partial charge in [-0.15, -0.1) is 0 Å². The zero-order valence-electron chi connectivity index (χ0n) is 17.0. The summed E-state index contributed by atoms with van der Waals surface area (Å²) in [5.41, 5.74) is 4.59. The molecule has 2 aromatic rings. The first-order valence-electron chi connectivity index (χ1n) is 10.9. The number of nitrogens with one attached hydrogen (secondary N) is 1. The maximum absolute atomic E-state index is 12.9. The van der Waals surface area contributed by atoms with Crippen molar-refractivity contribution in [2.45, 2.75) is 43.9 Å². The number of benzene rings is 1. The Morgan fingerprint density at radius 3 is 2.80 bits per heavy atom. The zero-order valence-corrected chi connectivity index (χ0v) is 17.0. The fourth-order valence-electron chi connectivity index (χ4n) is 5.54. The Morgan fingerprint density at radius 1 is 1.13 bits per heavy atom. The maximum atomic E-state index is 12.9. The van der Waals surface area contributed by atoms with Crippen molar-refractivity contribution in [1.82, 2.24) is 9.88 Å². The molecule has 1 amide bonds. The Kier molecular flexibility index (Phi) is 4.93. The molecule has 1 saturated heterocycles. The Bertz CT molecular complexity index is 989. The molecule has 3 unspecified atom stereocenters. The number of anilines is 1. The molecule has 5 rings (SSSR count). The number of aromatic nitrogens is 1.